The highest BCUT2D eigenvalue weighted by Gasteiger charge is 2.13. The van der Waals surface area contributed by atoms with Gasteiger partial charge in [-0.3, -0.25) is 4.79 Å². The first kappa shape index (κ1) is 18.5. The van der Waals surface area contributed by atoms with Crippen molar-refractivity contribution < 1.29 is 9.18 Å². The van der Waals surface area contributed by atoms with Crippen LogP contribution in [-0.2, 0) is 11.2 Å². The summed E-state index contributed by atoms with van der Waals surface area (Å²) in [4.78, 5) is 15.1. The third-order valence-electron chi connectivity index (χ3n) is 3.76. The summed E-state index contributed by atoms with van der Waals surface area (Å²) in [6.07, 6.45) is 0.888. The lowest BCUT2D eigenvalue weighted by atomic mass is 10.1. The molecule has 128 valence electrons. The van der Waals surface area contributed by atoms with Gasteiger partial charge in [0, 0.05) is 17.5 Å². The summed E-state index contributed by atoms with van der Waals surface area (Å²) in [5, 5.41) is 2.99. The summed E-state index contributed by atoms with van der Waals surface area (Å²) >= 11 is 1.41. The third-order valence-corrected chi connectivity index (χ3v) is 4.77. The number of benzene rings is 2. The molecule has 1 unspecified atom stereocenters. The van der Waals surface area contributed by atoms with Crippen molar-refractivity contribution in [2.24, 2.45) is 0 Å². The predicted octanol–water partition coefficient (Wildman–Crippen LogP) is 3.21. The van der Waals surface area contributed by atoms with E-state index in [2.05, 4.69) is 22.3 Å². The van der Waals surface area contributed by atoms with E-state index in [-0.39, 0.29) is 17.8 Å². The van der Waals surface area contributed by atoms with Crippen molar-refractivity contribution in [2.45, 2.75) is 17.4 Å². The Bertz CT molecular complexity index is 632. The molecular formula is C19H23FN2OS. The van der Waals surface area contributed by atoms with Gasteiger partial charge in [-0.2, -0.15) is 0 Å². The molecule has 0 saturated carbocycles. The van der Waals surface area contributed by atoms with Crippen LogP contribution in [0.2, 0.25) is 0 Å². The van der Waals surface area contributed by atoms with Gasteiger partial charge >= 0.3 is 0 Å². The summed E-state index contributed by atoms with van der Waals surface area (Å²) in [5.74, 6) is 0.0553. The molecule has 0 heterocycles. The van der Waals surface area contributed by atoms with Gasteiger partial charge in [-0.15, -0.1) is 11.8 Å². The van der Waals surface area contributed by atoms with Crippen LogP contribution < -0.4 is 5.32 Å². The van der Waals surface area contributed by atoms with E-state index < -0.39 is 0 Å². The van der Waals surface area contributed by atoms with Gasteiger partial charge in [0.2, 0.25) is 5.91 Å². The molecule has 3 nitrogen and oxygen atoms in total. The molecule has 0 bridgehead atoms. The number of hydrogen-bond donors (Lipinski definition) is 1. The average Bonchev–Trinajstić information content (AvgIpc) is 2.58. The molecule has 1 N–H and O–H groups in total. The van der Waals surface area contributed by atoms with Crippen LogP contribution in [0.5, 0.6) is 0 Å². The maximum atomic E-state index is 12.9. The van der Waals surface area contributed by atoms with Gasteiger partial charge in [-0.1, -0.05) is 30.3 Å². The van der Waals surface area contributed by atoms with E-state index in [4.69, 9.17) is 0 Å². The van der Waals surface area contributed by atoms with Crippen molar-refractivity contribution in [3.05, 3.63) is 66.0 Å². The van der Waals surface area contributed by atoms with E-state index in [1.807, 2.05) is 32.3 Å². The number of nitrogens with one attached hydrogen (secondary N) is 1. The highest BCUT2D eigenvalue weighted by molar-refractivity contribution is 8.00. The number of carbonyl (C=O) groups is 1. The second kappa shape index (κ2) is 9.45. The molecule has 5 heteroatoms. The molecule has 24 heavy (non-hydrogen) atoms. The molecule has 0 aromatic heterocycles. The minimum atomic E-state index is -0.265. The highest BCUT2D eigenvalue weighted by atomic mass is 32.2. The monoisotopic (exact) mass is 346 g/mol. The molecule has 2 rings (SSSR count). The van der Waals surface area contributed by atoms with E-state index in [9.17, 15) is 9.18 Å². The Kier molecular flexibility index (Phi) is 7.28. The molecule has 0 saturated heterocycles. The summed E-state index contributed by atoms with van der Waals surface area (Å²) < 4.78 is 12.9. The van der Waals surface area contributed by atoms with Gasteiger partial charge in [0.15, 0.2) is 0 Å². The molecule has 0 aliphatic carbocycles. The molecule has 2 aromatic carbocycles. The zero-order valence-electron chi connectivity index (χ0n) is 14.0. The van der Waals surface area contributed by atoms with E-state index >= 15 is 0 Å². The SMILES string of the molecule is CN(C)C(CNC(=O)CSc1ccc(F)cc1)Cc1ccccc1. The van der Waals surface area contributed by atoms with Crippen molar-refractivity contribution in [3.63, 3.8) is 0 Å². The minimum Gasteiger partial charge on any atom is -0.354 e. The summed E-state index contributed by atoms with van der Waals surface area (Å²) in [7, 11) is 4.04. The van der Waals surface area contributed by atoms with Crippen LogP contribution in [0.15, 0.2) is 59.5 Å². The molecule has 0 aliphatic heterocycles. The van der Waals surface area contributed by atoms with Crippen molar-refractivity contribution >= 4 is 17.7 Å². The fourth-order valence-electron chi connectivity index (χ4n) is 2.29. The Morgan fingerprint density at radius 1 is 1.12 bits per heavy atom. The topological polar surface area (TPSA) is 32.3 Å². The van der Waals surface area contributed by atoms with Gasteiger partial charge in [0.25, 0.3) is 0 Å². The van der Waals surface area contributed by atoms with Crippen molar-refractivity contribution in [1.29, 1.82) is 0 Å². The fourth-order valence-corrected chi connectivity index (χ4v) is 3.01. The van der Waals surface area contributed by atoms with Crippen molar-refractivity contribution in [1.82, 2.24) is 10.2 Å². The summed E-state index contributed by atoms with van der Waals surface area (Å²) in [6, 6.07) is 16.7. The van der Waals surface area contributed by atoms with Crippen LogP contribution in [0.4, 0.5) is 4.39 Å². The first-order valence-corrected chi connectivity index (χ1v) is 8.88. The number of rotatable bonds is 8. The average molecular weight is 346 g/mol. The van der Waals surface area contributed by atoms with Gasteiger partial charge in [-0.05, 0) is 50.3 Å². The maximum absolute atomic E-state index is 12.9. The lowest BCUT2D eigenvalue weighted by Crippen LogP contribution is -2.42. The summed E-state index contributed by atoms with van der Waals surface area (Å²) in [5.41, 5.74) is 1.26. The smallest absolute Gasteiger partial charge is 0.230 e. The van der Waals surface area contributed by atoms with Crippen LogP contribution in [0.25, 0.3) is 0 Å². The Morgan fingerprint density at radius 3 is 2.42 bits per heavy atom. The third kappa shape index (κ3) is 6.34. The molecule has 0 fully saturated rings. The lowest BCUT2D eigenvalue weighted by molar-refractivity contribution is -0.118. The first-order chi connectivity index (χ1) is 11.5. The lowest BCUT2D eigenvalue weighted by Gasteiger charge is -2.24. The number of thioether (sulfide) groups is 1. The molecule has 0 radical (unpaired) electrons. The number of halogens is 1. The van der Waals surface area contributed by atoms with Crippen LogP contribution in [-0.4, -0.2) is 43.2 Å². The molecule has 1 atom stereocenters. The van der Waals surface area contributed by atoms with Gasteiger partial charge in [0.05, 0.1) is 5.75 Å². The Morgan fingerprint density at radius 2 is 1.79 bits per heavy atom. The second-order valence-corrected chi connectivity index (χ2v) is 6.90. The second-order valence-electron chi connectivity index (χ2n) is 5.85. The number of amides is 1. The normalized spacial score (nSPS) is 12.2. The van der Waals surface area contributed by atoms with Crippen molar-refractivity contribution in [2.75, 3.05) is 26.4 Å². The molecule has 0 spiro atoms. The fraction of sp³-hybridized carbons (Fsp3) is 0.316. The van der Waals surface area contributed by atoms with E-state index in [1.54, 1.807) is 12.1 Å². The highest BCUT2D eigenvalue weighted by Crippen LogP contribution is 2.17. The quantitative estimate of drug-likeness (QED) is 0.745. The van der Waals surface area contributed by atoms with Crippen LogP contribution >= 0.6 is 11.8 Å². The van der Waals surface area contributed by atoms with E-state index in [1.165, 1.54) is 29.5 Å². The number of carbonyl (C=O) groups excluding carboxylic acids is 1. The number of hydrogen-bond acceptors (Lipinski definition) is 3. The predicted molar refractivity (Wildman–Crippen MR) is 97.8 cm³/mol. The molecule has 2 aromatic rings. The van der Waals surface area contributed by atoms with E-state index in [0.717, 1.165) is 11.3 Å². The molecular weight excluding hydrogens is 323 g/mol. The van der Waals surface area contributed by atoms with Crippen LogP contribution in [0, 0.1) is 5.82 Å². The Hall–Kier alpha value is -1.85. The van der Waals surface area contributed by atoms with Gasteiger partial charge < -0.3 is 10.2 Å². The van der Waals surface area contributed by atoms with E-state index in [0.29, 0.717) is 12.3 Å². The standard InChI is InChI=1S/C19H23FN2OS/c1-22(2)17(12-15-6-4-3-5-7-15)13-21-19(23)14-24-18-10-8-16(20)9-11-18/h3-11,17H,12-14H2,1-2H3,(H,21,23). The first-order valence-electron chi connectivity index (χ1n) is 7.90. The van der Waals surface area contributed by atoms with Gasteiger partial charge in [0.1, 0.15) is 5.82 Å². The largest absolute Gasteiger partial charge is 0.354 e. The maximum Gasteiger partial charge on any atom is 0.230 e. The molecule has 1 amide bonds. The Labute approximate surface area is 147 Å². The zero-order valence-corrected chi connectivity index (χ0v) is 14.9. The number of nitrogens with zero attached hydrogens (tertiary/aromatic N) is 1. The molecule has 0 aliphatic rings. The summed E-state index contributed by atoms with van der Waals surface area (Å²) in [6.45, 7) is 0.602. The Balaban J connectivity index is 1.78. The van der Waals surface area contributed by atoms with Crippen LogP contribution in [0.1, 0.15) is 5.56 Å². The zero-order chi connectivity index (χ0) is 17.4. The minimum absolute atomic E-state index is 0.00997. The van der Waals surface area contributed by atoms with Crippen molar-refractivity contribution in [3.8, 4) is 0 Å². The van der Waals surface area contributed by atoms with Crippen LogP contribution in [0.3, 0.4) is 0 Å². The number of likely N-dealkylation sites (N-methyl/N-ethyl adjacent to an activating group) is 1. The van der Waals surface area contributed by atoms with Gasteiger partial charge in [-0.25, -0.2) is 4.39 Å².